The second-order valence-corrected chi connectivity index (χ2v) is 4.96. The Kier molecular flexibility index (Phi) is 3.30. The van der Waals surface area contributed by atoms with Gasteiger partial charge in [0.2, 0.25) is 0 Å². The molecule has 98 valence electrons. The van der Waals surface area contributed by atoms with Gasteiger partial charge in [-0.05, 0) is 49.4 Å². The van der Waals surface area contributed by atoms with Crippen LogP contribution in [0, 0.1) is 0 Å². The molecule has 2 atom stereocenters. The second kappa shape index (κ2) is 4.61. The lowest BCUT2D eigenvalue weighted by Gasteiger charge is -2.34. The number of aliphatic carboxylic acids is 1. The number of methoxy groups -OCH3 is 1. The summed E-state index contributed by atoms with van der Waals surface area (Å²) in [7, 11) is 1.61. The van der Waals surface area contributed by atoms with Gasteiger partial charge in [-0.25, -0.2) is 4.79 Å². The molecule has 0 heterocycles. The van der Waals surface area contributed by atoms with E-state index in [9.17, 15) is 9.90 Å². The monoisotopic (exact) mass is 250 g/mol. The van der Waals surface area contributed by atoms with E-state index in [1.807, 2.05) is 18.2 Å². The summed E-state index contributed by atoms with van der Waals surface area (Å²) < 4.78 is 5.17. The number of fused-ring (bicyclic) bond motifs is 1. The molecule has 0 saturated carbocycles. The number of benzene rings is 1. The minimum absolute atomic E-state index is 0.357. The number of aliphatic hydroxyl groups is 1. The quantitative estimate of drug-likeness (QED) is 0.860. The van der Waals surface area contributed by atoms with Crippen molar-refractivity contribution in [3.8, 4) is 5.75 Å². The molecule has 0 aromatic heterocycles. The summed E-state index contributed by atoms with van der Waals surface area (Å²) in [6, 6.07) is 5.61. The van der Waals surface area contributed by atoms with Crippen molar-refractivity contribution in [1.82, 2.24) is 0 Å². The molecule has 1 aromatic rings. The lowest BCUT2D eigenvalue weighted by molar-refractivity contribution is -0.159. The van der Waals surface area contributed by atoms with E-state index in [4.69, 9.17) is 9.84 Å². The number of carbonyl (C=O) groups is 1. The molecular weight excluding hydrogens is 232 g/mol. The Balaban J connectivity index is 2.42. The van der Waals surface area contributed by atoms with Crippen molar-refractivity contribution in [2.75, 3.05) is 7.11 Å². The Morgan fingerprint density at radius 1 is 1.50 bits per heavy atom. The maximum absolute atomic E-state index is 11.2. The third-order valence-corrected chi connectivity index (χ3v) is 3.78. The van der Waals surface area contributed by atoms with Crippen molar-refractivity contribution in [2.45, 2.75) is 37.7 Å². The Labute approximate surface area is 106 Å². The molecule has 1 aliphatic rings. The van der Waals surface area contributed by atoms with Crippen LogP contribution in [-0.2, 0) is 11.2 Å². The Hall–Kier alpha value is -1.55. The fourth-order valence-corrected chi connectivity index (χ4v) is 2.65. The lowest BCUT2D eigenvalue weighted by atomic mass is 9.74. The van der Waals surface area contributed by atoms with E-state index >= 15 is 0 Å². The first-order chi connectivity index (χ1) is 8.46. The number of carboxylic acids is 1. The van der Waals surface area contributed by atoms with Crippen LogP contribution >= 0.6 is 0 Å². The van der Waals surface area contributed by atoms with E-state index in [0.717, 1.165) is 29.7 Å². The van der Waals surface area contributed by atoms with Crippen LogP contribution in [0.25, 0.3) is 0 Å². The first kappa shape index (κ1) is 12.9. The van der Waals surface area contributed by atoms with Gasteiger partial charge in [-0.2, -0.15) is 0 Å². The van der Waals surface area contributed by atoms with Crippen molar-refractivity contribution in [3.05, 3.63) is 29.3 Å². The SMILES string of the molecule is COc1ccc2c(c1)CCCC2C(C)(O)C(=O)O. The topological polar surface area (TPSA) is 66.8 Å². The predicted molar refractivity (Wildman–Crippen MR) is 66.9 cm³/mol. The molecule has 0 fully saturated rings. The largest absolute Gasteiger partial charge is 0.497 e. The molecule has 4 nitrogen and oxygen atoms in total. The standard InChI is InChI=1S/C14H18O4/c1-14(17,13(15)16)12-5-3-4-9-8-10(18-2)6-7-11(9)12/h6-8,12,17H,3-5H2,1-2H3,(H,15,16). The zero-order chi connectivity index (χ0) is 13.3. The van der Waals surface area contributed by atoms with Crippen LogP contribution < -0.4 is 4.74 Å². The van der Waals surface area contributed by atoms with Crippen LogP contribution in [0.5, 0.6) is 5.75 Å². The van der Waals surface area contributed by atoms with Crippen molar-refractivity contribution in [1.29, 1.82) is 0 Å². The summed E-state index contributed by atoms with van der Waals surface area (Å²) in [5.74, 6) is -0.759. The van der Waals surface area contributed by atoms with E-state index in [0.29, 0.717) is 6.42 Å². The van der Waals surface area contributed by atoms with Crippen molar-refractivity contribution >= 4 is 5.97 Å². The van der Waals surface area contributed by atoms with Crippen molar-refractivity contribution in [2.24, 2.45) is 0 Å². The Morgan fingerprint density at radius 2 is 2.22 bits per heavy atom. The maximum Gasteiger partial charge on any atom is 0.336 e. The van der Waals surface area contributed by atoms with Gasteiger partial charge in [-0.1, -0.05) is 6.07 Å². The molecule has 2 unspecified atom stereocenters. The predicted octanol–water partition coefficient (Wildman–Crippen LogP) is 1.95. The number of hydrogen-bond donors (Lipinski definition) is 2. The van der Waals surface area contributed by atoms with Gasteiger partial charge in [-0.3, -0.25) is 0 Å². The summed E-state index contributed by atoms with van der Waals surface area (Å²) in [4.78, 5) is 11.2. The first-order valence-corrected chi connectivity index (χ1v) is 6.09. The van der Waals surface area contributed by atoms with E-state index in [-0.39, 0.29) is 5.92 Å². The van der Waals surface area contributed by atoms with Crippen LogP contribution in [0.4, 0.5) is 0 Å². The van der Waals surface area contributed by atoms with Crippen molar-refractivity contribution < 1.29 is 19.7 Å². The minimum Gasteiger partial charge on any atom is -0.497 e. The molecule has 2 rings (SSSR count). The molecule has 0 aliphatic heterocycles. The highest BCUT2D eigenvalue weighted by Crippen LogP contribution is 2.40. The first-order valence-electron chi connectivity index (χ1n) is 6.09. The molecule has 0 bridgehead atoms. The van der Waals surface area contributed by atoms with Crippen LogP contribution in [0.15, 0.2) is 18.2 Å². The van der Waals surface area contributed by atoms with Crippen molar-refractivity contribution in [3.63, 3.8) is 0 Å². The molecule has 4 heteroatoms. The fraction of sp³-hybridized carbons (Fsp3) is 0.500. The maximum atomic E-state index is 11.2. The second-order valence-electron chi connectivity index (χ2n) is 4.96. The molecule has 0 radical (unpaired) electrons. The van der Waals surface area contributed by atoms with Gasteiger partial charge < -0.3 is 14.9 Å². The number of rotatable bonds is 3. The van der Waals surface area contributed by atoms with Gasteiger partial charge in [0.05, 0.1) is 7.11 Å². The fourth-order valence-electron chi connectivity index (χ4n) is 2.65. The van der Waals surface area contributed by atoms with Crippen LogP contribution in [0.3, 0.4) is 0 Å². The van der Waals surface area contributed by atoms with Gasteiger partial charge >= 0.3 is 5.97 Å². The summed E-state index contributed by atoms with van der Waals surface area (Å²) >= 11 is 0. The summed E-state index contributed by atoms with van der Waals surface area (Å²) in [6.07, 6.45) is 2.48. The summed E-state index contributed by atoms with van der Waals surface area (Å²) in [5.41, 5.74) is 0.283. The highest BCUT2D eigenvalue weighted by molar-refractivity contribution is 5.78. The molecule has 18 heavy (non-hydrogen) atoms. The van der Waals surface area contributed by atoms with Gasteiger partial charge in [0.15, 0.2) is 5.60 Å². The molecule has 2 N–H and O–H groups in total. The molecule has 1 aliphatic carbocycles. The molecule has 0 saturated heterocycles. The van der Waals surface area contributed by atoms with Gasteiger partial charge in [0.1, 0.15) is 5.75 Å². The molecule has 1 aromatic carbocycles. The van der Waals surface area contributed by atoms with Gasteiger partial charge in [-0.15, -0.1) is 0 Å². The zero-order valence-electron chi connectivity index (χ0n) is 10.6. The van der Waals surface area contributed by atoms with E-state index < -0.39 is 11.6 Å². The number of aryl methyl sites for hydroxylation is 1. The summed E-state index contributed by atoms with van der Waals surface area (Å²) in [5, 5.41) is 19.3. The zero-order valence-corrected chi connectivity index (χ0v) is 10.6. The van der Waals surface area contributed by atoms with Crippen LogP contribution in [0.2, 0.25) is 0 Å². The molecule has 0 spiro atoms. The number of hydrogen-bond acceptors (Lipinski definition) is 3. The Morgan fingerprint density at radius 3 is 2.83 bits per heavy atom. The smallest absolute Gasteiger partial charge is 0.336 e. The van der Waals surface area contributed by atoms with Crippen LogP contribution in [-0.4, -0.2) is 28.9 Å². The normalized spacial score (nSPS) is 21.8. The molecule has 0 amide bonds. The van der Waals surface area contributed by atoms with E-state index in [2.05, 4.69) is 0 Å². The van der Waals surface area contributed by atoms with Gasteiger partial charge in [0.25, 0.3) is 0 Å². The highest BCUT2D eigenvalue weighted by Gasteiger charge is 2.42. The molecular formula is C14H18O4. The van der Waals surface area contributed by atoms with E-state index in [1.165, 1.54) is 6.92 Å². The lowest BCUT2D eigenvalue weighted by Crippen LogP contribution is -2.42. The minimum atomic E-state index is -1.72. The third-order valence-electron chi connectivity index (χ3n) is 3.78. The van der Waals surface area contributed by atoms with E-state index in [1.54, 1.807) is 7.11 Å². The number of ether oxygens (including phenoxy) is 1. The number of carboxylic acid groups (broad SMARTS) is 1. The third kappa shape index (κ3) is 2.08. The van der Waals surface area contributed by atoms with Crippen LogP contribution in [0.1, 0.15) is 36.8 Å². The Bertz CT molecular complexity index is 465. The summed E-state index contributed by atoms with van der Waals surface area (Å²) in [6.45, 7) is 1.37. The highest BCUT2D eigenvalue weighted by atomic mass is 16.5. The van der Waals surface area contributed by atoms with Gasteiger partial charge in [0, 0.05) is 5.92 Å². The average molecular weight is 250 g/mol. The average Bonchev–Trinajstić information content (AvgIpc) is 2.37.